The number of benzene rings is 2. The van der Waals surface area contributed by atoms with Gasteiger partial charge in [0.25, 0.3) is 0 Å². The monoisotopic (exact) mass is 733 g/mol. The van der Waals surface area contributed by atoms with Crippen molar-refractivity contribution in [3.63, 3.8) is 0 Å². The molecular weight excluding hydrogens is 712 g/mol. The molecule has 6 aromatic rings. The number of hydrogen-bond donors (Lipinski definition) is 3. The number of thiophene rings is 1. The van der Waals surface area contributed by atoms with Gasteiger partial charge in [0.05, 0.1) is 23.9 Å². The molecule has 3 nitrogen and oxygen atoms in total. The van der Waals surface area contributed by atoms with E-state index in [0.29, 0.717) is 0 Å². The lowest BCUT2D eigenvalue weighted by Crippen LogP contribution is -2.16. The van der Waals surface area contributed by atoms with E-state index in [1.54, 1.807) is 0 Å². The summed E-state index contributed by atoms with van der Waals surface area (Å²) in [4.78, 5) is 11.2. The SMILES string of the molecule is IC1=c2ccc([nH]2)=C(c2ccccc2)c2ccc([nH]2)C(I)=c2ccc(s2)=C(c2ccccc2)c2ccc1[nH]2. The first-order valence-electron chi connectivity index (χ1n) is 12.3. The molecule has 8 bridgehead atoms. The lowest BCUT2D eigenvalue weighted by molar-refractivity contribution is 1.22. The molecule has 0 atom stereocenters. The number of halogens is 2. The van der Waals surface area contributed by atoms with Crippen molar-refractivity contribution >= 4 is 74.8 Å². The standard InChI is InChI=1S/C32H21I2N3S/c33-31-24-14-11-21(35-24)29(19-7-3-1-4-8-19)22-12-16-26(36-22)32(34)28-18-17-27(38-28)30(20-9-5-2-6-10-20)23-13-15-25(31)37-23/h1-18,35-37H. The summed E-state index contributed by atoms with van der Waals surface area (Å²) in [6.07, 6.45) is 0. The molecule has 1 aliphatic heterocycles. The van der Waals surface area contributed by atoms with Crippen molar-refractivity contribution in [1.82, 2.24) is 15.0 Å². The van der Waals surface area contributed by atoms with Gasteiger partial charge in [-0.05, 0) is 105 Å². The van der Waals surface area contributed by atoms with Crippen LogP contribution < -0.4 is 19.8 Å². The molecule has 0 aliphatic carbocycles. The molecule has 3 N–H and O–H groups in total. The molecule has 0 saturated heterocycles. The summed E-state index contributed by atoms with van der Waals surface area (Å²) >= 11 is 6.75. The smallest absolute Gasteiger partial charge is 0.0600 e. The van der Waals surface area contributed by atoms with Crippen LogP contribution in [0, 0.1) is 0 Å². The average molecular weight is 733 g/mol. The topological polar surface area (TPSA) is 47.4 Å². The van der Waals surface area contributed by atoms with Crippen molar-refractivity contribution in [1.29, 1.82) is 0 Å². The minimum absolute atomic E-state index is 1.08. The van der Waals surface area contributed by atoms with Crippen LogP contribution in [0.25, 0.3) is 18.3 Å². The van der Waals surface area contributed by atoms with Gasteiger partial charge in [0.2, 0.25) is 0 Å². The fraction of sp³-hybridized carbons (Fsp3) is 0. The Hall–Kier alpha value is -3.08. The van der Waals surface area contributed by atoms with Crippen molar-refractivity contribution in [2.24, 2.45) is 0 Å². The quantitative estimate of drug-likeness (QED) is 0.191. The van der Waals surface area contributed by atoms with E-state index in [0.717, 1.165) is 42.6 Å². The highest BCUT2D eigenvalue weighted by Crippen LogP contribution is 2.27. The Morgan fingerprint density at radius 3 is 1.63 bits per heavy atom. The van der Waals surface area contributed by atoms with E-state index in [-0.39, 0.29) is 0 Å². The lowest BCUT2D eigenvalue weighted by Gasteiger charge is -2.06. The molecule has 0 amide bonds. The first-order valence-corrected chi connectivity index (χ1v) is 15.2. The third kappa shape index (κ3) is 4.24. The van der Waals surface area contributed by atoms with Crippen LogP contribution in [0.2, 0.25) is 0 Å². The van der Waals surface area contributed by atoms with Crippen molar-refractivity contribution in [3.05, 3.63) is 163 Å². The maximum Gasteiger partial charge on any atom is 0.0600 e. The van der Waals surface area contributed by atoms with Crippen molar-refractivity contribution < 1.29 is 0 Å². The Balaban J connectivity index is 1.59. The second-order valence-electron chi connectivity index (χ2n) is 9.13. The molecule has 38 heavy (non-hydrogen) atoms. The number of rotatable bonds is 2. The zero-order chi connectivity index (χ0) is 25.6. The van der Waals surface area contributed by atoms with Gasteiger partial charge >= 0.3 is 0 Å². The second-order valence-corrected chi connectivity index (χ2v) is 12.4. The molecule has 1 aliphatic rings. The Morgan fingerprint density at radius 1 is 0.421 bits per heavy atom. The summed E-state index contributed by atoms with van der Waals surface area (Å²) in [6, 6.07) is 38.8. The predicted octanol–water partition coefficient (Wildman–Crippen LogP) is 5.72. The van der Waals surface area contributed by atoms with Gasteiger partial charge in [-0.15, -0.1) is 11.3 Å². The van der Waals surface area contributed by atoms with E-state index < -0.39 is 0 Å². The van der Waals surface area contributed by atoms with Crippen LogP contribution in [-0.2, 0) is 0 Å². The number of fused-ring (bicyclic) bond motifs is 8. The van der Waals surface area contributed by atoms with Gasteiger partial charge in [-0.2, -0.15) is 0 Å². The third-order valence-corrected chi connectivity index (χ3v) is 10.6. The number of hydrogen-bond acceptors (Lipinski definition) is 1. The summed E-state index contributed by atoms with van der Waals surface area (Å²) < 4.78 is 4.83. The van der Waals surface area contributed by atoms with E-state index in [1.807, 2.05) is 11.3 Å². The van der Waals surface area contributed by atoms with E-state index in [2.05, 4.69) is 169 Å². The number of aromatic nitrogens is 3. The van der Waals surface area contributed by atoms with Crippen LogP contribution in [0.15, 0.2) is 109 Å². The minimum atomic E-state index is 1.08. The van der Waals surface area contributed by atoms with Crippen molar-refractivity contribution in [2.45, 2.75) is 0 Å². The first kappa shape index (κ1) is 24.0. The Morgan fingerprint density at radius 2 is 0.947 bits per heavy atom. The van der Waals surface area contributed by atoms with Crippen LogP contribution >= 0.6 is 56.5 Å². The summed E-state index contributed by atoms with van der Waals surface area (Å²) in [7, 11) is 0. The second kappa shape index (κ2) is 9.91. The van der Waals surface area contributed by atoms with Crippen LogP contribution in [0.4, 0.5) is 0 Å². The maximum atomic E-state index is 3.73. The van der Waals surface area contributed by atoms with Crippen molar-refractivity contribution in [3.8, 4) is 0 Å². The molecular formula is C32H21I2N3S. The molecule has 0 radical (unpaired) electrons. The third-order valence-electron chi connectivity index (χ3n) is 6.77. The van der Waals surface area contributed by atoms with E-state index in [1.165, 1.54) is 29.3 Å². The molecule has 7 rings (SSSR count). The number of nitrogens with one attached hydrogen (secondary N) is 3. The summed E-state index contributed by atoms with van der Waals surface area (Å²) in [5.41, 5.74) is 9.15. The summed E-state index contributed by atoms with van der Waals surface area (Å²) in [5.74, 6) is 0. The van der Waals surface area contributed by atoms with Gasteiger partial charge < -0.3 is 15.0 Å². The largest absolute Gasteiger partial charge is 0.354 e. The van der Waals surface area contributed by atoms with E-state index >= 15 is 0 Å². The first-order chi connectivity index (χ1) is 18.7. The summed E-state index contributed by atoms with van der Waals surface area (Å²) in [6.45, 7) is 0. The van der Waals surface area contributed by atoms with Gasteiger partial charge in [-0.25, -0.2) is 0 Å². The zero-order valence-electron chi connectivity index (χ0n) is 20.1. The molecule has 0 fully saturated rings. The highest BCUT2D eigenvalue weighted by molar-refractivity contribution is 14.1. The van der Waals surface area contributed by atoms with Crippen LogP contribution in [0.1, 0.15) is 33.9 Å². The fourth-order valence-electron chi connectivity index (χ4n) is 4.97. The molecule has 0 unspecified atom stereocenters. The Bertz CT molecular complexity index is 1890. The predicted molar refractivity (Wildman–Crippen MR) is 174 cm³/mol. The van der Waals surface area contributed by atoms with Gasteiger partial charge in [-0.1, -0.05) is 60.7 Å². The Kier molecular flexibility index (Phi) is 6.25. The molecule has 6 heteroatoms. The van der Waals surface area contributed by atoms with Gasteiger partial charge in [0, 0.05) is 36.9 Å². The lowest BCUT2D eigenvalue weighted by atomic mass is 10.0. The minimum Gasteiger partial charge on any atom is -0.354 e. The highest BCUT2D eigenvalue weighted by Gasteiger charge is 2.15. The van der Waals surface area contributed by atoms with E-state index in [4.69, 9.17) is 0 Å². The Labute approximate surface area is 250 Å². The summed E-state index contributed by atoms with van der Waals surface area (Å²) in [5, 5.41) is 2.17. The van der Waals surface area contributed by atoms with Crippen LogP contribution in [-0.4, -0.2) is 15.0 Å². The zero-order valence-corrected chi connectivity index (χ0v) is 25.2. The number of H-pyrrole nitrogens is 3. The van der Waals surface area contributed by atoms with Gasteiger partial charge in [0.15, 0.2) is 0 Å². The van der Waals surface area contributed by atoms with E-state index in [9.17, 15) is 0 Å². The number of aromatic amines is 3. The molecule has 0 spiro atoms. The molecule has 5 heterocycles. The molecule has 184 valence electrons. The fourth-order valence-corrected chi connectivity index (χ4v) is 7.46. The van der Waals surface area contributed by atoms with Crippen LogP contribution in [0.3, 0.4) is 0 Å². The van der Waals surface area contributed by atoms with Crippen LogP contribution in [0.5, 0.6) is 0 Å². The normalized spacial score (nSPS) is 13.3. The molecule has 0 saturated carbocycles. The molecule has 2 aromatic carbocycles. The van der Waals surface area contributed by atoms with Gasteiger partial charge in [-0.3, -0.25) is 0 Å². The van der Waals surface area contributed by atoms with Gasteiger partial charge in [0.1, 0.15) is 0 Å². The van der Waals surface area contributed by atoms with Crippen molar-refractivity contribution in [2.75, 3.05) is 0 Å². The molecule has 4 aromatic heterocycles. The average Bonchev–Trinajstić information content (AvgIpc) is 3.77. The maximum absolute atomic E-state index is 3.73. The highest BCUT2D eigenvalue weighted by atomic mass is 127.